The van der Waals surface area contributed by atoms with Crippen molar-refractivity contribution in [2.24, 2.45) is 0 Å². The summed E-state index contributed by atoms with van der Waals surface area (Å²) in [6.45, 7) is 3.89. The third-order valence-corrected chi connectivity index (χ3v) is 4.71. The van der Waals surface area contributed by atoms with E-state index in [4.69, 9.17) is 9.47 Å². The molecule has 2 nitrogen and oxygen atoms in total. The second-order valence-corrected chi connectivity index (χ2v) is 6.59. The van der Waals surface area contributed by atoms with E-state index >= 15 is 0 Å². The summed E-state index contributed by atoms with van der Waals surface area (Å²) in [6.07, 6.45) is 9.10. The van der Waals surface area contributed by atoms with E-state index in [0.29, 0.717) is 0 Å². The molecule has 1 atom stereocenters. The van der Waals surface area contributed by atoms with E-state index in [1.54, 1.807) is 0 Å². The van der Waals surface area contributed by atoms with Crippen LogP contribution in [0.15, 0.2) is 24.3 Å². The van der Waals surface area contributed by atoms with Crippen molar-refractivity contribution in [3.8, 4) is 5.75 Å². The predicted molar refractivity (Wildman–Crippen MR) is 81.4 cm³/mol. The number of benzene rings is 1. The molecular formula is C18H26O2. The Labute approximate surface area is 122 Å². The Hall–Kier alpha value is -1.02. The first-order chi connectivity index (χ1) is 9.75. The van der Waals surface area contributed by atoms with E-state index in [1.165, 1.54) is 37.7 Å². The van der Waals surface area contributed by atoms with Gasteiger partial charge in [-0.3, -0.25) is 0 Å². The first-order valence-electron chi connectivity index (χ1n) is 8.12. The zero-order chi connectivity index (χ0) is 13.8. The molecule has 0 amide bonds. The molecule has 1 saturated heterocycles. The fraction of sp³-hybridized carbons (Fsp3) is 0.667. The van der Waals surface area contributed by atoms with Crippen molar-refractivity contribution in [3.63, 3.8) is 0 Å². The Morgan fingerprint density at radius 3 is 2.50 bits per heavy atom. The van der Waals surface area contributed by atoms with Gasteiger partial charge in [0.2, 0.25) is 0 Å². The maximum atomic E-state index is 5.82. The van der Waals surface area contributed by atoms with Crippen LogP contribution in [0.2, 0.25) is 0 Å². The topological polar surface area (TPSA) is 21.8 Å². The Kier molecular flexibility index (Phi) is 4.30. The lowest BCUT2D eigenvalue weighted by Gasteiger charge is -2.22. The first kappa shape index (κ1) is 13.9. The van der Waals surface area contributed by atoms with Crippen molar-refractivity contribution in [2.45, 2.75) is 63.4 Å². The Bertz CT molecular complexity index is 414. The number of ether oxygens (including phenoxy) is 2. The molecule has 2 aliphatic rings. The molecule has 0 aromatic heterocycles. The van der Waals surface area contributed by atoms with E-state index < -0.39 is 0 Å². The summed E-state index contributed by atoms with van der Waals surface area (Å²) in [4.78, 5) is 0. The first-order valence-corrected chi connectivity index (χ1v) is 8.12. The molecule has 2 heteroatoms. The molecule has 20 heavy (non-hydrogen) atoms. The van der Waals surface area contributed by atoms with Crippen molar-refractivity contribution in [1.29, 1.82) is 0 Å². The smallest absolute Gasteiger partial charge is 0.119 e. The summed E-state index contributed by atoms with van der Waals surface area (Å²) in [6, 6.07) is 8.80. The van der Waals surface area contributed by atoms with E-state index in [2.05, 4.69) is 31.2 Å². The van der Waals surface area contributed by atoms with Gasteiger partial charge in [0.05, 0.1) is 18.8 Å². The zero-order valence-corrected chi connectivity index (χ0v) is 12.6. The molecule has 1 aliphatic carbocycles. The SMILES string of the molecule is CC1(CCCOc2ccc(C3CCCCC3)cc2)CO1. The highest BCUT2D eigenvalue weighted by atomic mass is 16.6. The number of hydrogen-bond donors (Lipinski definition) is 0. The van der Waals surface area contributed by atoms with Crippen LogP contribution >= 0.6 is 0 Å². The van der Waals surface area contributed by atoms with E-state index in [1.807, 2.05) is 0 Å². The lowest BCUT2D eigenvalue weighted by atomic mass is 9.84. The summed E-state index contributed by atoms with van der Waals surface area (Å²) in [5.74, 6) is 1.79. The van der Waals surface area contributed by atoms with Crippen molar-refractivity contribution in [2.75, 3.05) is 13.2 Å². The number of hydrogen-bond acceptors (Lipinski definition) is 2. The van der Waals surface area contributed by atoms with Crippen LogP contribution in [-0.4, -0.2) is 18.8 Å². The molecule has 0 N–H and O–H groups in total. The molecule has 0 radical (unpaired) electrons. The molecule has 1 heterocycles. The second kappa shape index (κ2) is 6.17. The Balaban J connectivity index is 1.43. The van der Waals surface area contributed by atoms with Crippen LogP contribution in [0.1, 0.15) is 63.4 Å². The zero-order valence-electron chi connectivity index (χ0n) is 12.6. The van der Waals surface area contributed by atoms with Gasteiger partial charge in [-0.1, -0.05) is 31.4 Å². The van der Waals surface area contributed by atoms with Crippen molar-refractivity contribution >= 4 is 0 Å². The molecule has 1 saturated carbocycles. The Morgan fingerprint density at radius 1 is 1.15 bits per heavy atom. The second-order valence-electron chi connectivity index (χ2n) is 6.59. The number of epoxide rings is 1. The van der Waals surface area contributed by atoms with E-state index in [-0.39, 0.29) is 5.60 Å². The molecule has 1 aromatic rings. The minimum atomic E-state index is 0.161. The normalized spacial score (nSPS) is 26.4. The summed E-state index contributed by atoms with van der Waals surface area (Å²) in [5, 5.41) is 0. The average Bonchev–Trinajstić information content (AvgIpc) is 3.23. The van der Waals surface area contributed by atoms with Gasteiger partial charge in [-0.05, 0) is 56.2 Å². The van der Waals surface area contributed by atoms with Crippen molar-refractivity contribution in [1.82, 2.24) is 0 Å². The molecule has 2 fully saturated rings. The highest BCUT2D eigenvalue weighted by molar-refractivity contribution is 5.29. The molecule has 1 aliphatic heterocycles. The fourth-order valence-electron chi connectivity index (χ4n) is 3.18. The Morgan fingerprint density at radius 2 is 1.85 bits per heavy atom. The van der Waals surface area contributed by atoms with Gasteiger partial charge in [0, 0.05) is 0 Å². The summed E-state index contributed by atoms with van der Waals surface area (Å²) in [5.41, 5.74) is 1.66. The van der Waals surface area contributed by atoms with Crippen LogP contribution in [0.4, 0.5) is 0 Å². The standard InChI is InChI=1S/C18H26O2/c1-18(14-20-18)12-5-13-19-17-10-8-16(9-11-17)15-6-3-2-4-7-15/h8-11,15H,2-7,12-14H2,1H3. The highest BCUT2D eigenvalue weighted by Gasteiger charge is 2.38. The van der Waals surface area contributed by atoms with Gasteiger partial charge in [0.15, 0.2) is 0 Å². The van der Waals surface area contributed by atoms with Crippen LogP contribution in [0.3, 0.4) is 0 Å². The molecule has 0 spiro atoms. The molecule has 3 rings (SSSR count). The van der Waals surface area contributed by atoms with Crippen LogP contribution in [0, 0.1) is 0 Å². The average molecular weight is 274 g/mol. The predicted octanol–water partition coefficient (Wildman–Crippen LogP) is 4.68. The van der Waals surface area contributed by atoms with Gasteiger partial charge in [-0.15, -0.1) is 0 Å². The fourth-order valence-corrected chi connectivity index (χ4v) is 3.18. The largest absolute Gasteiger partial charge is 0.494 e. The molecule has 1 unspecified atom stereocenters. The van der Waals surface area contributed by atoms with Gasteiger partial charge >= 0.3 is 0 Å². The van der Waals surface area contributed by atoms with Gasteiger partial charge in [-0.25, -0.2) is 0 Å². The maximum absolute atomic E-state index is 5.82. The van der Waals surface area contributed by atoms with Gasteiger partial charge in [0.25, 0.3) is 0 Å². The van der Waals surface area contributed by atoms with Crippen LogP contribution in [0.5, 0.6) is 5.75 Å². The third kappa shape index (κ3) is 3.76. The van der Waals surface area contributed by atoms with Crippen LogP contribution in [0.25, 0.3) is 0 Å². The summed E-state index contributed by atoms with van der Waals surface area (Å²) in [7, 11) is 0. The molecule has 1 aromatic carbocycles. The van der Waals surface area contributed by atoms with Crippen LogP contribution < -0.4 is 4.74 Å². The number of rotatable bonds is 6. The van der Waals surface area contributed by atoms with E-state index in [0.717, 1.165) is 37.7 Å². The maximum Gasteiger partial charge on any atom is 0.119 e. The van der Waals surface area contributed by atoms with Gasteiger partial charge in [-0.2, -0.15) is 0 Å². The summed E-state index contributed by atoms with van der Waals surface area (Å²) >= 11 is 0. The van der Waals surface area contributed by atoms with Crippen LogP contribution in [-0.2, 0) is 4.74 Å². The summed E-state index contributed by atoms with van der Waals surface area (Å²) < 4.78 is 11.2. The van der Waals surface area contributed by atoms with E-state index in [9.17, 15) is 0 Å². The third-order valence-electron chi connectivity index (χ3n) is 4.71. The molecule has 110 valence electrons. The molecular weight excluding hydrogens is 248 g/mol. The lowest BCUT2D eigenvalue weighted by Crippen LogP contribution is -2.07. The lowest BCUT2D eigenvalue weighted by molar-refractivity contribution is 0.260. The van der Waals surface area contributed by atoms with Gasteiger partial charge in [0.1, 0.15) is 5.75 Å². The highest BCUT2D eigenvalue weighted by Crippen LogP contribution is 2.33. The molecule has 0 bridgehead atoms. The van der Waals surface area contributed by atoms with Crippen molar-refractivity contribution < 1.29 is 9.47 Å². The monoisotopic (exact) mass is 274 g/mol. The van der Waals surface area contributed by atoms with Gasteiger partial charge < -0.3 is 9.47 Å². The quantitative estimate of drug-likeness (QED) is 0.555. The minimum Gasteiger partial charge on any atom is -0.494 e. The minimum absolute atomic E-state index is 0.161. The van der Waals surface area contributed by atoms with Crippen molar-refractivity contribution in [3.05, 3.63) is 29.8 Å².